The van der Waals surface area contributed by atoms with Crippen molar-refractivity contribution in [3.05, 3.63) is 76.9 Å². The maximum Gasteiger partial charge on any atom is 0.340 e. The van der Waals surface area contributed by atoms with Crippen LogP contribution in [0, 0.1) is 0 Å². The van der Waals surface area contributed by atoms with Crippen LogP contribution in [0.5, 0.6) is 23.0 Å². The normalized spacial score (nSPS) is 10.9. The molecule has 0 saturated heterocycles. The molecule has 1 amide bonds. The molecule has 0 aliphatic heterocycles. The third-order valence-electron chi connectivity index (χ3n) is 5.80. The lowest BCUT2D eigenvalue weighted by Crippen LogP contribution is -2.16. The zero-order valence-electron chi connectivity index (χ0n) is 22.3. The first-order valence-electron chi connectivity index (χ1n) is 11.7. The SMILES string of the molecule is COC(=O)c1cc(OC)c(OC)cc1NC(=O)c1ccc(OC)c(COc2ccccc2C(C)(C)C)c1. The van der Waals surface area contributed by atoms with Crippen LogP contribution < -0.4 is 24.3 Å². The van der Waals surface area contributed by atoms with Crippen LogP contribution in [0.25, 0.3) is 0 Å². The van der Waals surface area contributed by atoms with Gasteiger partial charge in [0.2, 0.25) is 0 Å². The van der Waals surface area contributed by atoms with Gasteiger partial charge in [-0.25, -0.2) is 4.79 Å². The highest BCUT2D eigenvalue weighted by molar-refractivity contribution is 6.08. The number of esters is 1. The number of carbonyl (C=O) groups excluding carboxylic acids is 2. The Balaban J connectivity index is 1.91. The lowest BCUT2D eigenvalue weighted by molar-refractivity contribution is 0.0601. The minimum absolute atomic E-state index is 0.0980. The number of para-hydroxylation sites is 1. The topological polar surface area (TPSA) is 92.3 Å². The van der Waals surface area contributed by atoms with Gasteiger partial charge in [-0.3, -0.25) is 4.79 Å². The Morgan fingerprint density at radius 3 is 2.05 bits per heavy atom. The molecule has 3 rings (SSSR count). The molecule has 8 nitrogen and oxygen atoms in total. The van der Waals surface area contributed by atoms with Crippen LogP contribution in [0.15, 0.2) is 54.6 Å². The van der Waals surface area contributed by atoms with E-state index in [4.69, 9.17) is 23.7 Å². The van der Waals surface area contributed by atoms with E-state index in [0.29, 0.717) is 28.4 Å². The summed E-state index contributed by atoms with van der Waals surface area (Å²) in [5.41, 5.74) is 2.38. The molecule has 3 aromatic carbocycles. The summed E-state index contributed by atoms with van der Waals surface area (Å²) in [7, 11) is 5.75. The number of anilines is 1. The molecule has 0 aliphatic rings. The van der Waals surface area contributed by atoms with E-state index in [-0.39, 0.29) is 23.3 Å². The molecule has 37 heavy (non-hydrogen) atoms. The quantitative estimate of drug-likeness (QED) is 0.375. The second-order valence-corrected chi connectivity index (χ2v) is 9.26. The number of carbonyl (C=O) groups is 2. The van der Waals surface area contributed by atoms with Gasteiger partial charge < -0.3 is 29.0 Å². The smallest absolute Gasteiger partial charge is 0.340 e. The third-order valence-corrected chi connectivity index (χ3v) is 5.80. The van der Waals surface area contributed by atoms with Crippen molar-refractivity contribution in [1.82, 2.24) is 0 Å². The Labute approximate surface area is 217 Å². The molecule has 0 atom stereocenters. The second kappa shape index (κ2) is 11.7. The Hall–Kier alpha value is -4.20. The molecule has 0 fully saturated rings. The Bertz CT molecular complexity index is 1280. The minimum Gasteiger partial charge on any atom is -0.496 e. The van der Waals surface area contributed by atoms with Crippen molar-refractivity contribution in [2.24, 2.45) is 0 Å². The summed E-state index contributed by atoms with van der Waals surface area (Å²) in [6.07, 6.45) is 0. The molecule has 0 radical (unpaired) electrons. The number of hydrogen-bond donors (Lipinski definition) is 1. The molecule has 0 heterocycles. The number of amides is 1. The summed E-state index contributed by atoms with van der Waals surface area (Å²) < 4.78 is 27.1. The number of methoxy groups -OCH3 is 4. The molecule has 1 N–H and O–H groups in total. The van der Waals surface area contributed by atoms with Crippen LogP contribution in [0.2, 0.25) is 0 Å². The molecular formula is C29H33NO7. The molecule has 3 aromatic rings. The zero-order chi connectivity index (χ0) is 27.2. The molecule has 0 aliphatic carbocycles. The first-order chi connectivity index (χ1) is 17.6. The van der Waals surface area contributed by atoms with E-state index < -0.39 is 11.9 Å². The molecule has 0 bridgehead atoms. The van der Waals surface area contributed by atoms with Crippen molar-refractivity contribution in [3.8, 4) is 23.0 Å². The van der Waals surface area contributed by atoms with Crippen LogP contribution in [0.1, 0.15) is 52.6 Å². The van der Waals surface area contributed by atoms with Crippen LogP contribution >= 0.6 is 0 Å². The standard InChI is InChI=1S/C29H33NO7/c1-29(2,3)21-10-8-9-11-24(21)37-17-19-14-18(12-13-23(19)33-4)27(31)30-22-16-26(35-6)25(34-5)15-20(22)28(32)36-7/h8-16H,17H2,1-7H3,(H,30,31). The van der Waals surface area contributed by atoms with E-state index in [9.17, 15) is 9.59 Å². The number of ether oxygens (including phenoxy) is 5. The predicted octanol–water partition coefficient (Wildman–Crippen LogP) is 5.63. The number of rotatable bonds is 9. The number of hydrogen-bond acceptors (Lipinski definition) is 7. The molecule has 0 saturated carbocycles. The van der Waals surface area contributed by atoms with Gasteiger partial charge in [0.1, 0.15) is 18.1 Å². The summed E-state index contributed by atoms with van der Waals surface area (Å²) in [6, 6.07) is 15.9. The second-order valence-electron chi connectivity index (χ2n) is 9.26. The summed E-state index contributed by atoms with van der Waals surface area (Å²) in [6.45, 7) is 6.56. The molecule has 0 aromatic heterocycles. The van der Waals surface area contributed by atoms with Gasteiger partial charge in [-0.1, -0.05) is 39.0 Å². The number of nitrogens with one attached hydrogen (secondary N) is 1. The predicted molar refractivity (Wildman–Crippen MR) is 141 cm³/mol. The zero-order valence-corrected chi connectivity index (χ0v) is 22.3. The molecule has 8 heteroatoms. The van der Waals surface area contributed by atoms with Crippen LogP contribution in [-0.2, 0) is 16.8 Å². The van der Waals surface area contributed by atoms with E-state index in [1.165, 1.54) is 33.5 Å². The van der Waals surface area contributed by atoms with Gasteiger partial charge in [-0.2, -0.15) is 0 Å². The van der Waals surface area contributed by atoms with Gasteiger partial charge in [0.05, 0.1) is 39.7 Å². The largest absolute Gasteiger partial charge is 0.496 e. The van der Waals surface area contributed by atoms with Crippen molar-refractivity contribution in [3.63, 3.8) is 0 Å². The lowest BCUT2D eigenvalue weighted by atomic mass is 9.86. The van der Waals surface area contributed by atoms with Crippen molar-refractivity contribution < 1.29 is 33.3 Å². The summed E-state index contributed by atoms with van der Waals surface area (Å²) in [5, 5.41) is 2.78. The van der Waals surface area contributed by atoms with Crippen LogP contribution in [0.3, 0.4) is 0 Å². The monoisotopic (exact) mass is 507 g/mol. The minimum atomic E-state index is -0.627. The van der Waals surface area contributed by atoms with Gasteiger partial charge in [0.15, 0.2) is 11.5 Å². The van der Waals surface area contributed by atoms with Gasteiger partial charge >= 0.3 is 5.97 Å². The summed E-state index contributed by atoms with van der Waals surface area (Å²) in [5.74, 6) is 0.979. The first-order valence-corrected chi connectivity index (χ1v) is 11.7. The highest BCUT2D eigenvalue weighted by Crippen LogP contribution is 2.35. The molecule has 0 spiro atoms. The lowest BCUT2D eigenvalue weighted by Gasteiger charge is -2.23. The average molecular weight is 508 g/mol. The van der Waals surface area contributed by atoms with Crippen molar-refractivity contribution in [2.45, 2.75) is 32.8 Å². The molecular weight excluding hydrogens is 474 g/mol. The van der Waals surface area contributed by atoms with E-state index in [0.717, 1.165) is 11.3 Å². The van der Waals surface area contributed by atoms with E-state index in [2.05, 4.69) is 26.1 Å². The van der Waals surface area contributed by atoms with Gasteiger partial charge in [0, 0.05) is 23.3 Å². The summed E-state index contributed by atoms with van der Waals surface area (Å²) in [4.78, 5) is 25.6. The van der Waals surface area contributed by atoms with Gasteiger partial charge in [-0.05, 0) is 35.2 Å². The first kappa shape index (κ1) is 27.4. The number of benzene rings is 3. The fourth-order valence-electron chi connectivity index (χ4n) is 3.86. The Morgan fingerprint density at radius 2 is 1.43 bits per heavy atom. The van der Waals surface area contributed by atoms with Gasteiger partial charge in [0.25, 0.3) is 5.91 Å². The highest BCUT2D eigenvalue weighted by Gasteiger charge is 2.21. The Morgan fingerprint density at radius 1 is 0.784 bits per heavy atom. The average Bonchev–Trinajstić information content (AvgIpc) is 2.90. The fraction of sp³-hybridized carbons (Fsp3) is 0.310. The van der Waals surface area contributed by atoms with Crippen molar-refractivity contribution in [1.29, 1.82) is 0 Å². The van der Waals surface area contributed by atoms with E-state index in [1.807, 2.05) is 24.3 Å². The maximum absolute atomic E-state index is 13.2. The van der Waals surface area contributed by atoms with Crippen molar-refractivity contribution >= 4 is 17.6 Å². The Kier molecular flexibility index (Phi) is 8.65. The fourth-order valence-corrected chi connectivity index (χ4v) is 3.86. The molecule has 0 unspecified atom stereocenters. The third kappa shape index (κ3) is 6.33. The summed E-state index contributed by atoms with van der Waals surface area (Å²) >= 11 is 0. The molecule has 196 valence electrons. The van der Waals surface area contributed by atoms with E-state index >= 15 is 0 Å². The maximum atomic E-state index is 13.2. The van der Waals surface area contributed by atoms with E-state index in [1.54, 1.807) is 25.3 Å². The van der Waals surface area contributed by atoms with Crippen LogP contribution in [0.4, 0.5) is 5.69 Å². The van der Waals surface area contributed by atoms with Crippen LogP contribution in [-0.4, -0.2) is 40.3 Å². The van der Waals surface area contributed by atoms with Crippen molar-refractivity contribution in [2.75, 3.05) is 33.8 Å². The van der Waals surface area contributed by atoms with Gasteiger partial charge in [-0.15, -0.1) is 0 Å². The highest BCUT2D eigenvalue weighted by atomic mass is 16.5.